The highest BCUT2D eigenvalue weighted by Gasteiger charge is 2.60. The first-order valence-electron chi connectivity index (χ1n) is 11.3. The second kappa shape index (κ2) is 8.91. The summed E-state index contributed by atoms with van der Waals surface area (Å²) in [6.45, 7) is 2.52. The number of carbonyl (C=O) groups excluding carboxylic acids is 1. The minimum absolute atomic E-state index is 0.0721. The Balaban J connectivity index is 1.41. The third-order valence-electron chi connectivity index (χ3n) is 6.45. The number of amides is 1. The van der Waals surface area contributed by atoms with Gasteiger partial charge in [0.25, 0.3) is 0 Å². The van der Waals surface area contributed by atoms with E-state index in [2.05, 4.69) is 40.9 Å². The molecule has 1 N–H and O–H groups in total. The van der Waals surface area contributed by atoms with Crippen LogP contribution in [0.25, 0.3) is 10.8 Å². The maximum Gasteiger partial charge on any atom is 0.244 e. The molecule has 4 aromatic carbocycles. The Morgan fingerprint density at radius 3 is 2.24 bits per heavy atom. The molecule has 1 aliphatic rings. The predicted molar refractivity (Wildman–Crippen MR) is 133 cm³/mol. The molecule has 1 aliphatic carbocycles. The number of benzene rings is 4. The van der Waals surface area contributed by atoms with Crippen LogP contribution in [0.15, 0.2) is 102 Å². The van der Waals surface area contributed by atoms with Gasteiger partial charge in [0.05, 0.1) is 18.7 Å². The van der Waals surface area contributed by atoms with E-state index in [1.165, 1.54) is 0 Å². The Morgan fingerprint density at radius 2 is 1.58 bits per heavy atom. The molecule has 33 heavy (non-hydrogen) atoms. The third kappa shape index (κ3) is 3.89. The maximum absolute atomic E-state index is 13.2. The van der Waals surface area contributed by atoms with Crippen molar-refractivity contribution in [1.29, 1.82) is 0 Å². The zero-order valence-electron chi connectivity index (χ0n) is 18.6. The van der Waals surface area contributed by atoms with Gasteiger partial charge in [-0.15, -0.1) is 0 Å². The summed E-state index contributed by atoms with van der Waals surface area (Å²) in [5.74, 6) is 0.513. The number of hydrazone groups is 1. The van der Waals surface area contributed by atoms with E-state index in [4.69, 9.17) is 4.74 Å². The fourth-order valence-electron chi connectivity index (χ4n) is 4.78. The largest absolute Gasteiger partial charge is 0.493 e. The first-order chi connectivity index (χ1) is 16.2. The molecule has 4 nitrogen and oxygen atoms in total. The van der Waals surface area contributed by atoms with Crippen LogP contribution in [0.3, 0.4) is 0 Å². The van der Waals surface area contributed by atoms with Crippen LogP contribution in [-0.2, 0) is 10.2 Å². The second-order valence-corrected chi connectivity index (χ2v) is 8.33. The van der Waals surface area contributed by atoms with Gasteiger partial charge in [-0.3, -0.25) is 4.79 Å². The molecule has 4 heteroatoms. The van der Waals surface area contributed by atoms with Crippen LogP contribution in [0.5, 0.6) is 5.75 Å². The molecule has 0 unspecified atom stereocenters. The summed E-state index contributed by atoms with van der Waals surface area (Å²) in [5, 5.41) is 6.48. The van der Waals surface area contributed by atoms with Crippen molar-refractivity contribution in [2.45, 2.75) is 18.8 Å². The van der Waals surface area contributed by atoms with Crippen LogP contribution < -0.4 is 10.2 Å². The van der Waals surface area contributed by atoms with E-state index in [1.807, 2.05) is 73.7 Å². The van der Waals surface area contributed by atoms with Crippen molar-refractivity contribution in [3.05, 3.63) is 114 Å². The van der Waals surface area contributed by atoms with E-state index in [0.29, 0.717) is 6.61 Å². The standard InChI is InChI=1S/C29H26N2O2/c1-2-33-27-18-17-21-11-9-10-16-24(21)25(27)20-30-31-28(32)26-19-29(26,22-12-5-3-6-13-22)23-14-7-4-8-15-23/h3-18,20,26H,2,19H2,1H3,(H,31,32)/b30-20-/t26-/m0/s1. The molecule has 0 bridgehead atoms. The molecule has 1 amide bonds. The third-order valence-corrected chi connectivity index (χ3v) is 6.45. The van der Waals surface area contributed by atoms with Gasteiger partial charge in [0.15, 0.2) is 0 Å². The van der Waals surface area contributed by atoms with Crippen LogP contribution in [0.4, 0.5) is 0 Å². The van der Waals surface area contributed by atoms with Gasteiger partial charge in [-0.25, -0.2) is 5.43 Å². The SMILES string of the molecule is CCOc1ccc2ccccc2c1/C=N\NC(=O)[C@@H]1CC1(c1ccccc1)c1ccccc1. The van der Waals surface area contributed by atoms with E-state index >= 15 is 0 Å². The first kappa shape index (κ1) is 21.0. The molecule has 1 fully saturated rings. The molecule has 0 aliphatic heterocycles. The van der Waals surface area contributed by atoms with Crippen molar-refractivity contribution in [2.75, 3.05) is 6.61 Å². The molecule has 0 aromatic heterocycles. The summed E-state index contributed by atoms with van der Waals surface area (Å²) >= 11 is 0. The van der Waals surface area contributed by atoms with Crippen molar-refractivity contribution in [2.24, 2.45) is 11.0 Å². The number of carbonyl (C=O) groups is 1. The lowest BCUT2D eigenvalue weighted by Gasteiger charge is -2.18. The maximum atomic E-state index is 13.2. The Kier molecular flexibility index (Phi) is 5.66. The van der Waals surface area contributed by atoms with E-state index in [-0.39, 0.29) is 17.2 Å². The van der Waals surface area contributed by atoms with E-state index in [0.717, 1.165) is 39.6 Å². The lowest BCUT2D eigenvalue weighted by atomic mass is 9.85. The predicted octanol–water partition coefficient (Wildman–Crippen LogP) is 5.69. The van der Waals surface area contributed by atoms with Crippen molar-refractivity contribution in [3.63, 3.8) is 0 Å². The molecule has 0 radical (unpaired) electrons. The molecule has 4 aromatic rings. The Labute approximate surface area is 193 Å². The highest BCUT2D eigenvalue weighted by atomic mass is 16.5. The van der Waals surface area contributed by atoms with Gasteiger partial charge in [0.1, 0.15) is 5.75 Å². The smallest absolute Gasteiger partial charge is 0.244 e. The minimum Gasteiger partial charge on any atom is -0.493 e. The van der Waals surface area contributed by atoms with Gasteiger partial charge in [0.2, 0.25) is 5.91 Å². The zero-order chi connectivity index (χ0) is 22.7. The second-order valence-electron chi connectivity index (χ2n) is 8.33. The molecule has 1 saturated carbocycles. The number of hydrogen-bond acceptors (Lipinski definition) is 3. The Bertz CT molecular complexity index is 1260. The average Bonchev–Trinajstić information content (AvgIpc) is 3.63. The lowest BCUT2D eigenvalue weighted by molar-refractivity contribution is -0.122. The summed E-state index contributed by atoms with van der Waals surface area (Å²) in [4.78, 5) is 13.2. The first-order valence-corrected chi connectivity index (χ1v) is 11.3. The van der Waals surface area contributed by atoms with Crippen LogP contribution in [0.2, 0.25) is 0 Å². The number of fused-ring (bicyclic) bond motifs is 1. The van der Waals surface area contributed by atoms with Gasteiger partial charge in [-0.1, -0.05) is 91.0 Å². The van der Waals surface area contributed by atoms with E-state index in [1.54, 1.807) is 6.21 Å². The van der Waals surface area contributed by atoms with Gasteiger partial charge in [-0.2, -0.15) is 5.10 Å². The number of nitrogens with one attached hydrogen (secondary N) is 1. The van der Waals surface area contributed by atoms with Crippen molar-refractivity contribution in [3.8, 4) is 5.75 Å². The van der Waals surface area contributed by atoms with Crippen LogP contribution in [-0.4, -0.2) is 18.7 Å². The van der Waals surface area contributed by atoms with Crippen molar-refractivity contribution < 1.29 is 9.53 Å². The number of rotatable bonds is 7. The van der Waals surface area contributed by atoms with Gasteiger partial charge in [0, 0.05) is 11.0 Å². The van der Waals surface area contributed by atoms with Crippen molar-refractivity contribution in [1.82, 2.24) is 5.43 Å². The zero-order valence-corrected chi connectivity index (χ0v) is 18.6. The summed E-state index contributed by atoms with van der Waals surface area (Å²) in [6, 6.07) is 32.6. The molecule has 0 spiro atoms. The highest BCUT2D eigenvalue weighted by Crippen LogP contribution is 2.58. The number of nitrogens with zero attached hydrogens (tertiary/aromatic N) is 1. The summed E-state index contributed by atoms with van der Waals surface area (Å²) in [7, 11) is 0. The monoisotopic (exact) mass is 434 g/mol. The van der Waals surface area contributed by atoms with Crippen LogP contribution >= 0.6 is 0 Å². The van der Waals surface area contributed by atoms with E-state index < -0.39 is 0 Å². The summed E-state index contributed by atoms with van der Waals surface area (Å²) < 4.78 is 5.81. The molecular weight excluding hydrogens is 408 g/mol. The molecule has 5 rings (SSSR count). The quantitative estimate of drug-likeness (QED) is 0.300. The topological polar surface area (TPSA) is 50.7 Å². The minimum atomic E-state index is -0.307. The molecule has 0 heterocycles. The molecule has 1 atom stereocenters. The normalized spacial score (nSPS) is 16.6. The molecular formula is C29H26N2O2. The van der Waals surface area contributed by atoms with Gasteiger partial charge < -0.3 is 4.74 Å². The Morgan fingerprint density at radius 1 is 0.939 bits per heavy atom. The summed E-state index contributed by atoms with van der Waals surface area (Å²) in [5.41, 5.74) is 5.67. The summed E-state index contributed by atoms with van der Waals surface area (Å²) in [6.07, 6.45) is 2.46. The van der Waals surface area contributed by atoms with Gasteiger partial charge >= 0.3 is 0 Å². The average molecular weight is 435 g/mol. The van der Waals surface area contributed by atoms with Crippen LogP contribution in [0.1, 0.15) is 30.0 Å². The number of hydrogen-bond donors (Lipinski definition) is 1. The van der Waals surface area contributed by atoms with E-state index in [9.17, 15) is 4.79 Å². The fourth-order valence-corrected chi connectivity index (χ4v) is 4.78. The van der Waals surface area contributed by atoms with Gasteiger partial charge in [-0.05, 0) is 41.3 Å². The lowest BCUT2D eigenvalue weighted by Crippen LogP contribution is -2.25. The number of ether oxygens (including phenoxy) is 1. The fraction of sp³-hybridized carbons (Fsp3) is 0.172. The molecule has 164 valence electrons. The van der Waals surface area contributed by atoms with Crippen LogP contribution in [0, 0.1) is 5.92 Å². The highest BCUT2D eigenvalue weighted by molar-refractivity contribution is 6.02. The van der Waals surface area contributed by atoms with Crippen molar-refractivity contribution >= 4 is 22.9 Å². The Hall–Kier alpha value is -3.92. The molecule has 0 saturated heterocycles.